The van der Waals surface area contributed by atoms with Crippen molar-refractivity contribution >= 4 is 7.82 Å². The minimum Gasteiger partial charge on any atom is -0.780 e. The zero-order valence-electron chi connectivity index (χ0n) is 4.36. The number of phosphoric ester groups is 1. The predicted octanol–water partition coefficient (Wildman–Crippen LogP) is -4.02. The van der Waals surface area contributed by atoms with Gasteiger partial charge in [0.2, 0.25) is 0 Å². The predicted molar refractivity (Wildman–Crippen MR) is 18.9 cm³/mol. The van der Waals surface area contributed by atoms with E-state index in [0.717, 1.165) is 0 Å². The van der Waals surface area contributed by atoms with E-state index in [1.807, 2.05) is 0 Å². The smallest absolute Gasteiger partial charge is 0.780 e. The number of hydrogen-bond donors (Lipinski definition) is 0. The first-order chi connectivity index (χ1) is 3.06. The molecule has 0 unspecified atom stereocenters. The van der Waals surface area contributed by atoms with Crippen LogP contribution in [0.15, 0.2) is 12.8 Å². The van der Waals surface area contributed by atoms with Crippen LogP contribution >= 0.6 is 7.82 Å². The first kappa shape index (κ1) is 12.0. The number of phosphoric acid groups is 1. The molecule has 0 saturated heterocycles. The van der Waals surface area contributed by atoms with Crippen molar-refractivity contribution in [3.63, 3.8) is 0 Å². The van der Waals surface area contributed by atoms with Gasteiger partial charge in [-0.2, -0.15) is 0 Å². The van der Waals surface area contributed by atoms with Crippen LogP contribution in [0.4, 0.5) is 0 Å². The SMILES string of the molecule is C=COP(=O)([O-])[O-].[K+]. The third-order valence-electron chi connectivity index (χ3n) is 0.204. The molecule has 42 valence electrons. The summed E-state index contributed by atoms with van der Waals surface area (Å²) in [5, 5.41) is 0. The molecule has 0 aliphatic carbocycles. The molecule has 0 aromatic rings. The van der Waals surface area contributed by atoms with Crippen LogP contribution < -0.4 is 61.2 Å². The van der Waals surface area contributed by atoms with Gasteiger partial charge in [0.1, 0.15) is 7.82 Å². The van der Waals surface area contributed by atoms with Crippen molar-refractivity contribution in [1.29, 1.82) is 0 Å². The average molecular weight is 161 g/mol. The second-order valence-corrected chi connectivity index (χ2v) is 1.82. The van der Waals surface area contributed by atoms with Gasteiger partial charge in [0.15, 0.2) is 0 Å². The molecule has 0 aromatic carbocycles. The zero-order chi connectivity index (χ0) is 5.91. The van der Waals surface area contributed by atoms with Gasteiger partial charge in [-0.05, 0) is 0 Å². The van der Waals surface area contributed by atoms with Gasteiger partial charge in [0.05, 0.1) is 6.26 Å². The fourth-order valence-corrected chi connectivity index (χ4v) is 0.274. The summed E-state index contributed by atoms with van der Waals surface area (Å²) in [5.41, 5.74) is 0. The van der Waals surface area contributed by atoms with Gasteiger partial charge in [0, 0.05) is 0 Å². The second kappa shape index (κ2) is 5.14. The average Bonchev–Trinajstić information content (AvgIpc) is 1.30. The van der Waals surface area contributed by atoms with Crippen molar-refractivity contribution in [3.8, 4) is 0 Å². The van der Waals surface area contributed by atoms with E-state index in [1.54, 1.807) is 0 Å². The Labute approximate surface area is 89.6 Å². The molecule has 0 amide bonds. The van der Waals surface area contributed by atoms with E-state index in [2.05, 4.69) is 11.1 Å². The van der Waals surface area contributed by atoms with Crippen LogP contribution in [-0.2, 0) is 9.09 Å². The maximum absolute atomic E-state index is 9.41. The molecule has 0 aliphatic heterocycles. The van der Waals surface area contributed by atoms with Gasteiger partial charge in [0.25, 0.3) is 0 Å². The number of hydrogen-bond acceptors (Lipinski definition) is 4. The summed E-state index contributed by atoms with van der Waals surface area (Å²) in [6.07, 6.45) is 0.570. The van der Waals surface area contributed by atoms with Gasteiger partial charge < -0.3 is 18.9 Å². The van der Waals surface area contributed by atoms with E-state index in [9.17, 15) is 14.4 Å². The zero-order valence-corrected chi connectivity index (χ0v) is 8.38. The molecule has 0 aromatic heterocycles. The third kappa shape index (κ3) is 10.3. The topological polar surface area (TPSA) is 72.4 Å². The Morgan fingerprint density at radius 3 is 2.00 bits per heavy atom. The molecular weight excluding hydrogens is 158 g/mol. The first-order valence-electron chi connectivity index (χ1n) is 1.37. The van der Waals surface area contributed by atoms with Gasteiger partial charge in [-0.1, -0.05) is 6.58 Å². The summed E-state index contributed by atoms with van der Waals surface area (Å²) in [4.78, 5) is 18.8. The van der Waals surface area contributed by atoms with E-state index >= 15 is 0 Å². The van der Waals surface area contributed by atoms with Crippen molar-refractivity contribution in [1.82, 2.24) is 0 Å². The van der Waals surface area contributed by atoms with Crippen LogP contribution in [0.5, 0.6) is 0 Å². The quantitative estimate of drug-likeness (QED) is 0.235. The fourth-order valence-electron chi connectivity index (χ4n) is 0.0913. The maximum Gasteiger partial charge on any atom is 1.00 e. The van der Waals surface area contributed by atoms with Gasteiger partial charge in [-0.25, -0.2) is 0 Å². The van der Waals surface area contributed by atoms with Gasteiger partial charge in [-0.15, -0.1) is 0 Å². The van der Waals surface area contributed by atoms with Crippen molar-refractivity contribution in [3.05, 3.63) is 12.8 Å². The van der Waals surface area contributed by atoms with Crippen LogP contribution in [0.2, 0.25) is 0 Å². The molecule has 6 heteroatoms. The Bertz CT molecular complexity index is 107. The van der Waals surface area contributed by atoms with E-state index in [0.29, 0.717) is 6.26 Å². The molecular formula is C2H3KO4P-. The molecule has 0 atom stereocenters. The van der Waals surface area contributed by atoms with Crippen LogP contribution in [0.3, 0.4) is 0 Å². The molecule has 0 N–H and O–H groups in total. The van der Waals surface area contributed by atoms with E-state index < -0.39 is 7.82 Å². The summed E-state index contributed by atoms with van der Waals surface area (Å²) in [6.45, 7) is 2.85. The largest absolute Gasteiger partial charge is 1.00 e. The molecule has 0 radical (unpaired) electrons. The Hall–Kier alpha value is 1.33. The maximum atomic E-state index is 9.41. The Kier molecular flexibility index (Phi) is 7.74. The molecule has 0 rings (SSSR count). The number of rotatable bonds is 2. The molecule has 0 spiro atoms. The molecule has 0 fully saturated rings. The monoisotopic (exact) mass is 161 g/mol. The summed E-state index contributed by atoms with van der Waals surface area (Å²) < 4.78 is 12.8. The van der Waals surface area contributed by atoms with Crippen LogP contribution in [0.25, 0.3) is 0 Å². The Morgan fingerprint density at radius 1 is 1.62 bits per heavy atom. The third-order valence-corrected chi connectivity index (χ3v) is 0.611. The minimum atomic E-state index is -4.78. The van der Waals surface area contributed by atoms with Gasteiger partial charge >= 0.3 is 51.4 Å². The molecule has 0 bridgehead atoms. The molecule has 0 aliphatic rings. The Morgan fingerprint density at radius 2 is 2.00 bits per heavy atom. The first-order valence-corrected chi connectivity index (χ1v) is 2.83. The van der Waals surface area contributed by atoms with E-state index in [4.69, 9.17) is 0 Å². The van der Waals surface area contributed by atoms with Crippen molar-refractivity contribution in [2.45, 2.75) is 0 Å². The van der Waals surface area contributed by atoms with Crippen molar-refractivity contribution in [2.75, 3.05) is 0 Å². The summed E-state index contributed by atoms with van der Waals surface area (Å²) in [6, 6.07) is 0. The molecule has 0 saturated carbocycles. The molecule has 4 nitrogen and oxygen atoms in total. The summed E-state index contributed by atoms with van der Waals surface area (Å²) in [5.74, 6) is 0. The van der Waals surface area contributed by atoms with Crippen LogP contribution in [0.1, 0.15) is 0 Å². The Balaban J connectivity index is 0. The minimum absolute atomic E-state index is 0. The van der Waals surface area contributed by atoms with Gasteiger partial charge in [-0.3, -0.25) is 0 Å². The van der Waals surface area contributed by atoms with Crippen LogP contribution in [0, 0.1) is 0 Å². The van der Waals surface area contributed by atoms with E-state index in [-0.39, 0.29) is 51.4 Å². The normalized spacial score (nSPS) is 9.25. The molecule has 0 heterocycles. The van der Waals surface area contributed by atoms with Crippen molar-refractivity contribution in [2.24, 2.45) is 0 Å². The molecule has 8 heavy (non-hydrogen) atoms. The van der Waals surface area contributed by atoms with Crippen molar-refractivity contribution < 1.29 is 70.3 Å². The fraction of sp³-hybridized carbons (Fsp3) is 0. The summed E-state index contributed by atoms with van der Waals surface area (Å²) >= 11 is 0. The standard InChI is InChI=1S/C2H5O4P.K/c1-2-6-7(3,4)5;/h2H,1H2,(H2,3,4,5);/q;+1/p-2. The summed E-state index contributed by atoms with van der Waals surface area (Å²) in [7, 11) is -4.78. The van der Waals surface area contributed by atoms with Crippen LogP contribution in [-0.4, -0.2) is 0 Å². The van der Waals surface area contributed by atoms with E-state index in [1.165, 1.54) is 0 Å². The second-order valence-electron chi connectivity index (χ2n) is 0.719.